The molecule has 82 valence electrons. The topological polar surface area (TPSA) is 47.0 Å². The van der Waals surface area contributed by atoms with E-state index < -0.39 is 0 Å². The standard InChI is InChI=1S/C11H17N3O/c1-15-11-6-10(13-8-14-11)12-7-9-4-2-3-5-9/h6,8-9H,2-5,7H2,1H3,(H,12,13,14). The molecule has 15 heavy (non-hydrogen) atoms. The highest BCUT2D eigenvalue weighted by Crippen LogP contribution is 2.24. The molecule has 1 aliphatic carbocycles. The number of methoxy groups -OCH3 is 1. The van der Waals surface area contributed by atoms with Gasteiger partial charge in [0.15, 0.2) is 0 Å². The minimum Gasteiger partial charge on any atom is -0.481 e. The molecule has 0 unspecified atom stereocenters. The summed E-state index contributed by atoms with van der Waals surface area (Å²) in [6.07, 6.45) is 6.96. The minimum atomic E-state index is 0.610. The summed E-state index contributed by atoms with van der Waals surface area (Å²) in [5, 5.41) is 3.33. The van der Waals surface area contributed by atoms with Crippen LogP contribution in [-0.2, 0) is 0 Å². The Balaban J connectivity index is 1.86. The smallest absolute Gasteiger partial charge is 0.218 e. The molecule has 0 atom stereocenters. The van der Waals surface area contributed by atoms with Gasteiger partial charge < -0.3 is 10.1 Å². The van der Waals surface area contributed by atoms with Crippen molar-refractivity contribution < 1.29 is 4.74 Å². The third kappa shape index (κ3) is 2.81. The van der Waals surface area contributed by atoms with Crippen LogP contribution in [0, 0.1) is 5.92 Å². The van der Waals surface area contributed by atoms with E-state index in [2.05, 4.69) is 15.3 Å². The molecular weight excluding hydrogens is 190 g/mol. The molecule has 0 spiro atoms. The lowest BCUT2D eigenvalue weighted by Gasteiger charge is -2.11. The van der Waals surface area contributed by atoms with Gasteiger partial charge in [0.05, 0.1) is 7.11 Å². The number of nitrogens with one attached hydrogen (secondary N) is 1. The summed E-state index contributed by atoms with van der Waals surface area (Å²) in [5.41, 5.74) is 0. The number of ether oxygens (including phenoxy) is 1. The maximum absolute atomic E-state index is 5.04. The van der Waals surface area contributed by atoms with E-state index in [0.717, 1.165) is 18.3 Å². The molecule has 1 aliphatic rings. The maximum atomic E-state index is 5.04. The van der Waals surface area contributed by atoms with E-state index in [1.54, 1.807) is 7.11 Å². The molecule has 0 aliphatic heterocycles. The van der Waals surface area contributed by atoms with Gasteiger partial charge in [0.25, 0.3) is 0 Å². The van der Waals surface area contributed by atoms with Crippen LogP contribution in [0.15, 0.2) is 12.4 Å². The van der Waals surface area contributed by atoms with E-state index in [4.69, 9.17) is 4.74 Å². The Bertz CT molecular complexity index is 310. The summed E-state index contributed by atoms with van der Waals surface area (Å²) in [4.78, 5) is 8.11. The van der Waals surface area contributed by atoms with Crippen LogP contribution in [0.5, 0.6) is 5.88 Å². The molecule has 1 fully saturated rings. The summed E-state index contributed by atoms with van der Waals surface area (Å²) in [7, 11) is 1.61. The van der Waals surface area contributed by atoms with Crippen LogP contribution in [0.25, 0.3) is 0 Å². The van der Waals surface area contributed by atoms with Gasteiger partial charge in [0.2, 0.25) is 5.88 Å². The van der Waals surface area contributed by atoms with Gasteiger partial charge in [-0.25, -0.2) is 9.97 Å². The number of anilines is 1. The molecule has 1 saturated carbocycles. The zero-order valence-electron chi connectivity index (χ0n) is 9.07. The van der Waals surface area contributed by atoms with Crippen molar-refractivity contribution in [2.75, 3.05) is 19.0 Å². The van der Waals surface area contributed by atoms with Crippen LogP contribution < -0.4 is 10.1 Å². The van der Waals surface area contributed by atoms with Gasteiger partial charge in [0.1, 0.15) is 12.1 Å². The predicted molar refractivity (Wildman–Crippen MR) is 59.0 cm³/mol. The van der Waals surface area contributed by atoms with Crippen molar-refractivity contribution in [3.05, 3.63) is 12.4 Å². The molecule has 0 amide bonds. The molecule has 4 heteroatoms. The second-order valence-electron chi connectivity index (χ2n) is 3.98. The zero-order chi connectivity index (χ0) is 10.5. The van der Waals surface area contributed by atoms with Crippen molar-refractivity contribution >= 4 is 5.82 Å². The lowest BCUT2D eigenvalue weighted by molar-refractivity contribution is 0.397. The fourth-order valence-electron chi connectivity index (χ4n) is 2.01. The zero-order valence-corrected chi connectivity index (χ0v) is 9.07. The quantitative estimate of drug-likeness (QED) is 0.821. The number of hydrogen-bond donors (Lipinski definition) is 1. The van der Waals surface area contributed by atoms with Crippen LogP contribution in [0.4, 0.5) is 5.82 Å². The molecule has 1 aromatic rings. The molecule has 1 N–H and O–H groups in total. The van der Waals surface area contributed by atoms with Gasteiger partial charge in [-0.1, -0.05) is 12.8 Å². The lowest BCUT2D eigenvalue weighted by atomic mass is 10.1. The van der Waals surface area contributed by atoms with Gasteiger partial charge in [0, 0.05) is 12.6 Å². The van der Waals surface area contributed by atoms with E-state index in [1.165, 1.54) is 32.0 Å². The molecule has 0 radical (unpaired) electrons. The second-order valence-corrected chi connectivity index (χ2v) is 3.98. The van der Waals surface area contributed by atoms with Gasteiger partial charge in [-0.05, 0) is 18.8 Å². The monoisotopic (exact) mass is 207 g/mol. The summed E-state index contributed by atoms with van der Waals surface area (Å²) < 4.78 is 5.04. The largest absolute Gasteiger partial charge is 0.481 e. The first-order chi connectivity index (χ1) is 7.38. The first-order valence-electron chi connectivity index (χ1n) is 5.48. The first-order valence-corrected chi connectivity index (χ1v) is 5.48. The Morgan fingerprint density at radius 1 is 1.40 bits per heavy atom. The Morgan fingerprint density at radius 2 is 2.20 bits per heavy atom. The van der Waals surface area contributed by atoms with Crippen LogP contribution in [-0.4, -0.2) is 23.6 Å². The van der Waals surface area contributed by atoms with Crippen molar-refractivity contribution in [2.24, 2.45) is 5.92 Å². The third-order valence-electron chi connectivity index (χ3n) is 2.90. The van der Waals surface area contributed by atoms with Crippen molar-refractivity contribution in [2.45, 2.75) is 25.7 Å². The number of aromatic nitrogens is 2. The SMILES string of the molecule is COc1cc(NCC2CCCC2)ncn1. The molecular formula is C11H17N3O. The van der Waals surface area contributed by atoms with Crippen LogP contribution >= 0.6 is 0 Å². The number of rotatable bonds is 4. The molecule has 2 rings (SSSR count). The third-order valence-corrected chi connectivity index (χ3v) is 2.90. The summed E-state index contributed by atoms with van der Waals surface area (Å²) in [6, 6.07) is 1.83. The fourth-order valence-corrected chi connectivity index (χ4v) is 2.01. The van der Waals surface area contributed by atoms with Gasteiger partial charge >= 0.3 is 0 Å². The highest BCUT2D eigenvalue weighted by molar-refractivity contribution is 5.36. The summed E-state index contributed by atoms with van der Waals surface area (Å²) in [6.45, 7) is 1.01. The molecule has 1 heterocycles. The minimum absolute atomic E-state index is 0.610. The molecule has 0 saturated heterocycles. The van der Waals surface area contributed by atoms with Gasteiger partial charge in [-0.2, -0.15) is 0 Å². The molecule has 1 aromatic heterocycles. The van der Waals surface area contributed by atoms with E-state index in [-0.39, 0.29) is 0 Å². The first kappa shape index (κ1) is 10.2. The van der Waals surface area contributed by atoms with Crippen molar-refractivity contribution in [1.29, 1.82) is 0 Å². The molecule has 0 aromatic carbocycles. The van der Waals surface area contributed by atoms with Crippen LogP contribution in [0.3, 0.4) is 0 Å². The van der Waals surface area contributed by atoms with E-state index in [0.29, 0.717) is 5.88 Å². The van der Waals surface area contributed by atoms with Crippen LogP contribution in [0.2, 0.25) is 0 Å². The summed E-state index contributed by atoms with van der Waals surface area (Å²) in [5.74, 6) is 2.28. The van der Waals surface area contributed by atoms with Crippen molar-refractivity contribution in [1.82, 2.24) is 9.97 Å². The average molecular weight is 207 g/mol. The highest BCUT2D eigenvalue weighted by atomic mass is 16.5. The normalized spacial score (nSPS) is 16.6. The Kier molecular flexibility index (Phi) is 3.37. The Hall–Kier alpha value is -1.32. The van der Waals surface area contributed by atoms with Gasteiger partial charge in [-0.15, -0.1) is 0 Å². The van der Waals surface area contributed by atoms with Crippen molar-refractivity contribution in [3.8, 4) is 5.88 Å². The lowest BCUT2D eigenvalue weighted by Crippen LogP contribution is -2.12. The van der Waals surface area contributed by atoms with Crippen LogP contribution in [0.1, 0.15) is 25.7 Å². The number of hydrogen-bond acceptors (Lipinski definition) is 4. The maximum Gasteiger partial charge on any atom is 0.218 e. The fraction of sp³-hybridized carbons (Fsp3) is 0.636. The summed E-state index contributed by atoms with van der Waals surface area (Å²) >= 11 is 0. The highest BCUT2D eigenvalue weighted by Gasteiger charge is 2.14. The van der Waals surface area contributed by atoms with Gasteiger partial charge in [-0.3, -0.25) is 0 Å². The van der Waals surface area contributed by atoms with E-state index in [9.17, 15) is 0 Å². The van der Waals surface area contributed by atoms with E-state index in [1.807, 2.05) is 6.07 Å². The van der Waals surface area contributed by atoms with Crippen molar-refractivity contribution in [3.63, 3.8) is 0 Å². The molecule has 0 bridgehead atoms. The Labute approximate surface area is 90.1 Å². The predicted octanol–water partition coefficient (Wildman–Crippen LogP) is 2.09. The average Bonchev–Trinajstić information content (AvgIpc) is 2.79. The second kappa shape index (κ2) is 4.96. The number of nitrogens with zero attached hydrogens (tertiary/aromatic N) is 2. The van der Waals surface area contributed by atoms with E-state index >= 15 is 0 Å². The molecule has 4 nitrogen and oxygen atoms in total. The Morgan fingerprint density at radius 3 is 2.93 bits per heavy atom.